The third kappa shape index (κ3) is 43.1. The maximum atomic E-state index is 12.5. The summed E-state index contributed by atoms with van der Waals surface area (Å²) in [5, 5.41) is 0. The average Bonchev–Trinajstić information content (AvgIpc) is 3.17. The Labute approximate surface area is 337 Å². The fourth-order valence-electron chi connectivity index (χ4n) is 6.85. The molecule has 0 N–H and O–H groups in total. The van der Waals surface area contributed by atoms with Gasteiger partial charge in [0.25, 0.3) is 0 Å². The van der Waals surface area contributed by atoms with E-state index in [1.54, 1.807) is 0 Å². The van der Waals surface area contributed by atoms with E-state index in [2.05, 4.69) is 45.1 Å². The first-order chi connectivity index (χ1) is 26.6. The van der Waals surface area contributed by atoms with E-state index in [0.29, 0.717) is 19.4 Å². The number of ether oxygens (including phenoxy) is 3. The molecule has 0 spiro atoms. The van der Waals surface area contributed by atoms with Crippen molar-refractivity contribution in [1.82, 2.24) is 0 Å². The molecule has 0 bridgehead atoms. The van der Waals surface area contributed by atoms with Crippen molar-refractivity contribution >= 4 is 11.9 Å². The third-order valence-electron chi connectivity index (χ3n) is 10.5. The van der Waals surface area contributed by atoms with Gasteiger partial charge in [0.15, 0.2) is 6.10 Å². The lowest BCUT2D eigenvalue weighted by atomic mass is 10.1. The van der Waals surface area contributed by atoms with Crippen LogP contribution in [0.4, 0.5) is 0 Å². The number of esters is 2. The second-order valence-corrected chi connectivity index (χ2v) is 16.0. The van der Waals surface area contributed by atoms with Crippen LogP contribution in [0.15, 0.2) is 24.3 Å². The van der Waals surface area contributed by atoms with Gasteiger partial charge in [0, 0.05) is 19.4 Å². The molecule has 0 rings (SSSR count). The number of unbranched alkanes of at least 4 members (excludes halogenated alkanes) is 29. The van der Waals surface area contributed by atoms with Gasteiger partial charge in [-0.05, 0) is 70.6 Å². The van der Waals surface area contributed by atoms with Gasteiger partial charge in [-0.15, -0.1) is 0 Å². The van der Waals surface area contributed by atoms with E-state index < -0.39 is 6.10 Å². The lowest BCUT2D eigenvalue weighted by molar-refractivity contribution is -0.163. The highest BCUT2D eigenvalue weighted by molar-refractivity contribution is 5.70. The Bertz CT molecular complexity index is 821. The van der Waals surface area contributed by atoms with E-state index in [9.17, 15) is 9.59 Å². The molecule has 5 heteroatoms. The minimum Gasteiger partial charge on any atom is -0.462 e. The lowest BCUT2D eigenvalue weighted by Gasteiger charge is -2.18. The first-order valence-corrected chi connectivity index (χ1v) is 23.9. The van der Waals surface area contributed by atoms with Crippen molar-refractivity contribution in [1.29, 1.82) is 0 Å². The van der Waals surface area contributed by atoms with Crippen LogP contribution in [0.3, 0.4) is 0 Å². The lowest BCUT2D eigenvalue weighted by Crippen LogP contribution is -2.30. The summed E-state index contributed by atoms with van der Waals surface area (Å²) >= 11 is 0. The van der Waals surface area contributed by atoms with Crippen molar-refractivity contribution in [2.45, 2.75) is 258 Å². The molecule has 318 valence electrons. The zero-order chi connectivity index (χ0) is 39.3. The summed E-state index contributed by atoms with van der Waals surface area (Å²) in [6.07, 6.45) is 52.1. The monoisotopic (exact) mass is 761 g/mol. The van der Waals surface area contributed by atoms with Gasteiger partial charge in [-0.1, -0.05) is 193 Å². The largest absolute Gasteiger partial charge is 0.462 e. The highest BCUT2D eigenvalue weighted by Gasteiger charge is 2.17. The molecule has 0 heterocycles. The Morgan fingerprint density at radius 1 is 0.389 bits per heavy atom. The summed E-state index contributed by atoms with van der Waals surface area (Å²) in [5.74, 6) is -0.411. The second kappa shape index (κ2) is 45.8. The van der Waals surface area contributed by atoms with Crippen molar-refractivity contribution in [3.63, 3.8) is 0 Å². The Morgan fingerprint density at radius 3 is 1.15 bits per heavy atom. The fraction of sp³-hybridized carbons (Fsp3) is 0.878. The van der Waals surface area contributed by atoms with Crippen LogP contribution in [-0.4, -0.2) is 37.9 Å². The zero-order valence-corrected chi connectivity index (χ0v) is 36.5. The maximum absolute atomic E-state index is 12.5. The SMILES string of the molecule is CCCCCC/C=C\CCCCCCCC(=O)OCC(COCCCCCCCCCCCC/C=C\CCCCCCCC)OC(=O)CCCCCCC. The maximum Gasteiger partial charge on any atom is 0.306 e. The molecule has 0 radical (unpaired) electrons. The van der Waals surface area contributed by atoms with Gasteiger partial charge in [-0.25, -0.2) is 0 Å². The minimum absolute atomic E-state index is 0.0845. The molecule has 0 aromatic heterocycles. The van der Waals surface area contributed by atoms with E-state index in [-0.39, 0.29) is 25.2 Å². The third-order valence-corrected chi connectivity index (χ3v) is 10.5. The summed E-state index contributed by atoms with van der Waals surface area (Å²) in [5.41, 5.74) is 0. The molecule has 0 fully saturated rings. The van der Waals surface area contributed by atoms with Crippen LogP contribution in [0, 0.1) is 0 Å². The van der Waals surface area contributed by atoms with Crippen LogP contribution >= 0.6 is 0 Å². The van der Waals surface area contributed by atoms with E-state index in [0.717, 1.165) is 57.8 Å². The first kappa shape index (κ1) is 52.4. The Morgan fingerprint density at radius 2 is 0.722 bits per heavy atom. The van der Waals surface area contributed by atoms with Gasteiger partial charge in [0.1, 0.15) is 6.61 Å². The molecular weight excluding hydrogens is 669 g/mol. The smallest absolute Gasteiger partial charge is 0.306 e. The molecule has 0 aliphatic rings. The quantitative estimate of drug-likeness (QED) is 0.0352. The van der Waals surface area contributed by atoms with Gasteiger partial charge in [-0.2, -0.15) is 0 Å². The van der Waals surface area contributed by atoms with Crippen LogP contribution in [0.5, 0.6) is 0 Å². The van der Waals surface area contributed by atoms with Gasteiger partial charge in [0.05, 0.1) is 6.61 Å². The molecule has 0 aliphatic heterocycles. The standard InChI is InChI=1S/C49H92O5/c1-4-7-10-13-15-17-19-21-22-23-24-25-26-27-29-31-33-35-38-41-44-52-45-47(54-49(51)43-40-36-12-9-6-3)46-53-48(50)42-39-37-34-32-30-28-20-18-16-14-11-8-5-2/h18,20-22,47H,4-17,19,23-46H2,1-3H3/b20-18-,22-21-. The van der Waals surface area contributed by atoms with Crippen LogP contribution in [0.25, 0.3) is 0 Å². The molecule has 0 aromatic carbocycles. The molecule has 1 atom stereocenters. The summed E-state index contributed by atoms with van der Waals surface area (Å²) in [4.78, 5) is 25.0. The molecular formula is C49H92O5. The Balaban J connectivity index is 3.99. The molecule has 0 aliphatic carbocycles. The highest BCUT2D eigenvalue weighted by Crippen LogP contribution is 2.14. The summed E-state index contributed by atoms with van der Waals surface area (Å²) in [7, 11) is 0. The molecule has 0 aromatic rings. The number of rotatable bonds is 44. The van der Waals surface area contributed by atoms with E-state index >= 15 is 0 Å². The second-order valence-electron chi connectivity index (χ2n) is 16.0. The van der Waals surface area contributed by atoms with E-state index in [1.807, 2.05) is 0 Å². The molecule has 54 heavy (non-hydrogen) atoms. The number of hydrogen-bond donors (Lipinski definition) is 0. The first-order valence-electron chi connectivity index (χ1n) is 23.9. The van der Waals surface area contributed by atoms with Crippen molar-refractivity contribution in [3.8, 4) is 0 Å². The number of carbonyl (C=O) groups is 2. The molecule has 5 nitrogen and oxygen atoms in total. The molecule has 0 saturated carbocycles. The van der Waals surface area contributed by atoms with E-state index in [1.165, 1.54) is 161 Å². The van der Waals surface area contributed by atoms with Crippen molar-refractivity contribution in [2.75, 3.05) is 19.8 Å². The van der Waals surface area contributed by atoms with Crippen LogP contribution in [0.1, 0.15) is 252 Å². The van der Waals surface area contributed by atoms with Crippen molar-refractivity contribution in [3.05, 3.63) is 24.3 Å². The average molecular weight is 761 g/mol. The Hall–Kier alpha value is -1.62. The van der Waals surface area contributed by atoms with Gasteiger partial charge < -0.3 is 14.2 Å². The molecule has 0 saturated heterocycles. The normalized spacial score (nSPS) is 12.3. The van der Waals surface area contributed by atoms with Gasteiger partial charge >= 0.3 is 11.9 Å². The summed E-state index contributed by atoms with van der Waals surface area (Å²) in [6, 6.07) is 0. The Kier molecular flexibility index (Phi) is 44.4. The molecule has 0 amide bonds. The predicted molar refractivity (Wildman–Crippen MR) is 233 cm³/mol. The van der Waals surface area contributed by atoms with Crippen LogP contribution in [-0.2, 0) is 23.8 Å². The topological polar surface area (TPSA) is 61.8 Å². The number of carbonyl (C=O) groups excluding carboxylic acids is 2. The molecule has 1 unspecified atom stereocenters. The zero-order valence-electron chi connectivity index (χ0n) is 36.5. The number of hydrogen-bond acceptors (Lipinski definition) is 5. The van der Waals surface area contributed by atoms with Gasteiger partial charge in [-0.3, -0.25) is 9.59 Å². The van der Waals surface area contributed by atoms with Crippen LogP contribution < -0.4 is 0 Å². The highest BCUT2D eigenvalue weighted by atomic mass is 16.6. The fourth-order valence-corrected chi connectivity index (χ4v) is 6.85. The van der Waals surface area contributed by atoms with Crippen molar-refractivity contribution in [2.24, 2.45) is 0 Å². The van der Waals surface area contributed by atoms with Crippen LogP contribution in [0.2, 0.25) is 0 Å². The number of allylic oxidation sites excluding steroid dienone is 4. The minimum atomic E-state index is -0.530. The summed E-state index contributed by atoms with van der Waals surface area (Å²) in [6.45, 7) is 7.75. The van der Waals surface area contributed by atoms with E-state index in [4.69, 9.17) is 14.2 Å². The van der Waals surface area contributed by atoms with Crippen molar-refractivity contribution < 1.29 is 23.8 Å². The van der Waals surface area contributed by atoms with Gasteiger partial charge in [0.2, 0.25) is 0 Å². The predicted octanol–water partition coefficient (Wildman–Crippen LogP) is 15.7. The summed E-state index contributed by atoms with van der Waals surface area (Å²) < 4.78 is 17.2.